The highest BCUT2D eigenvalue weighted by molar-refractivity contribution is 8.00. The fraction of sp³-hybridized carbons (Fsp3) is 0.0667. The highest BCUT2D eigenvalue weighted by Gasteiger charge is 2.17. The van der Waals surface area contributed by atoms with Crippen LogP contribution in [0.15, 0.2) is 46.4 Å². The van der Waals surface area contributed by atoms with Crippen LogP contribution in [0.1, 0.15) is 5.56 Å². The van der Waals surface area contributed by atoms with Crippen LogP contribution in [-0.4, -0.2) is 27.9 Å². The zero-order valence-electron chi connectivity index (χ0n) is 12.5. The molecule has 10 heteroatoms. The monoisotopic (exact) mass is 399 g/mol. The largest absolute Gasteiger partial charge is 0.502 e. The Morgan fingerprint density at radius 1 is 1.28 bits per heavy atom. The number of hydrazone groups is 1. The molecule has 0 heterocycles. The number of thioether (sulfide) groups is 1. The van der Waals surface area contributed by atoms with Crippen LogP contribution in [0.2, 0.25) is 10.0 Å². The third-order valence-corrected chi connectivity index (χ3v) is 4.34. The zero-order chi connectivity index (χ0) is 18.4. The third kappa shape index (κ3) is 5.63. The average Bonchev–Trinajstić information content (AvgIpc) is 2.57. The summed E-state index contributed by atoms with van der Waals surface area (Å²) >= 11 is 12.8. The van der Waals surface area contributed by atoms with E-state index in [1.807, 2.05) is 0 Å². The number of nitro groups is 1. The minimum atomic E-state index is -0.764. The van der Waals surface area contributed by atoms with Crippen molar-refractivity contribution in [2.45, 2.75) is 4.90 Å². The van der Waals surface area contributed by atoms with Crippen LogP contribution >= 0.6 is 35.0 Å². The highest BCUT2D eigenvalue weighted by atomic mass is 35.5. The van der Waals surface area contributed by atoms with Crippen molar-refractivity contribution in [3.8, 4) is 5.75 Å². The summed E-state index contributed by atoms with van der Waals surface area (Å²) in [4.78, 5) is 22.6. The molecule has 2 rings (SSSR count). The maximum absolute atomic E-state index is 11.7. The number of nitro benzene ring substituents is 1. The SMILES string of the molecule is O=C(CSc1ccc(Cl)cc1)N/N=C\c1cc(Cl)cc([N+](=O)[O-])c1O. The number of nitrogens with one attached hydrogen (secondary N) is 1. The Morgan fingerprint density at radius 2 is 1.96 bits per heavy atom. The number of rotatable bonds is 6. The summed E-state index contributed by atoms with van der Waals surface area (Å²) in [5, 5.41) is 25.0. The normalized spacial score (nSPS) is 10.8. The van der Waals surface area contributed by atoms with Crippen LogP contribution in [0.25, 0.3) is 0 Å². The Bertz CT molecular complexity index is 828. The number of halogens is 2. The number of aromatic hydroxyl groups is 1. The summed E-state index contributed by atoms with van der Waals surface area (Å²) in [6, 6.07) is 9.32. The number of benzene rings is 2. The van der Waals surface area contributed by atoms with Crippen molar-refractivity contribution in [2.75, 3.05) is 5.75 Å². The number of phenolic OH excluding ortho intramolecular Hbond substituents is 1. The molecule has 0 saturated carbocycles. The van der Waals surface area contributed by atoms with Gasteiger partial charge in [-0.05, 0) is 30.3 Å². The maximum Gasteiger partial charge on any atom is 0.312 e. The number of nitrogens with zero attached hydrogens (tertiary/aromatic N) is 2. The van der Waals surface area contributed by atoms with Gasteiger partial charge in [-0.1, -0.05) is 23.2 Å². The van der Waals surface area contributed by atoms with Crippen molar-refractivity contribution in [1.29, 1.82) is 0 Å². The van der Waals surface area contributed by atoms with E-state index in [1.165, 1.54) is 17.8 Å². The number of hydrogen-bond acceptors (Lipinski definition) is 6. The van der Waals surface area contributed by atoms with Gasteiger partial charge >= 0.3 is 5.69 Å². The molecule has 0 unspecified atom stereocenters. The van der Waals surface area contributed by atoms with Crippen molar-refractivity contribution in [3.05, 3.63) is 62.1 Å². The lowest BCUT2D eigenvalue weighted by molar-refractivity contribution is -0.385. The quantitative estimate of drug-likeness (QED) is 0.332. The second-order valence-electron chi connectivity index (χ2n) is 4.66. The minimum Gasteiger partial charge on any atom is -0.502 e. The first kappa shape index (κ1) is 19.0. The summed E-state index contributed by atoms with van der Waals surface area (Å²) in [6.07, 6.45) is 1.08. The Balaban J connectivity index is 1.95. The first-order chi connectivity index (χ1) is 11.9. The summed E-state index contributed by atoms with van der Waals surface area (Å²) < 4.78 is 0. The molecule has 1 amide bonds. The smallest absolute Gasteiger partial charge is 0.312 e. The topological polar surface area (TPSA) is 105 Å². The average molecular weight is 400 g/mol. The molecule has 0 fully saturated rings. The minimum absolute atomic E-state index is 0.0184. The Labute approximate surface area is 156 Å². The number of amides is 1. The van der Waals surface area contributed by atoms with Gasteiger partial charge in [-0.3, -0.25) is 14.9 Å². The van der Waals surface area contributed by atoms with Crippen molar-refractivity contribution in [2.24, 2.45) is 5.10 Å². The molecule has 0 radical (unpaired) electrons. The summed E-state index contributed by atoms with van der Waals surface area (Å²) in [7, 11) is 0. The summed E-state index contributed by atoms with van der Waals surface area (Å²) in [5.41, 5.74) is 1.74. The second-order valence-corrected chi connectivity index (χ2v) is 6.58. The zero-order valence-corrected chi connectivity index (χ0v) is 14.8. The van der Waals surface area contributed by atoms with E-state index >= 15 is 0 Å². The van der Waals surface area contributed by atoms with Gasteiger partial charge in [-0.2, -0.15) is 5.10 Å². The van der Waals surface area contributed by atoms with Crippen molar-refractivity contribution in [3.63, 3.8) is 0 Å². The van der Waals surface area contributed by atoms with E-state index in [-0.39, 0.29) is 22.2 Å². The van der Waals surface area contributed by atoms with E-state index in [0.717, 1.165) is 17.2 Å². The Hall–Kier alpha value is -2.29. The second kappa shape index (κ2) is 8.70. The molecular weight excluding hydrogens is 389 g/mol. The molecule has 7 nitrogen and oxygen atoms in total. The molecule has 0 saturated heterocycles. The number of carbonyl (C=O) groups excluding carboxylic acids is 1. The molecular formula is C15H11Cl2N3O4S. The molecule has 130 valence electrons. The van der Waals surface area contributed by atoms with E-state index in [1.54, 1.807) is 24.3 Å². The Morgan fingerprint density at radius 3 is 2.60 bits per heavy atom. The fourth-order valence-corrected chi connectivity index (χ4v) is 2.77. The molecule has 0 aliphatic rings. The number of carbonyl (C=O) groups is 1. The van der Waals surface area contributed by atoms with Crippen LogP contribution < -0.4 is 5.43 Å². The molecule has 0 aliphatic heterocycles. The van der Waals surface area contributed by atoms with Gasteiger partial charge in [0.1, 0.15) is 0 Å². The van der Waals surface area contributed by atoms with Crippen LogP contribution in [0.4, 0.5) is 5.69 Å². The van der Waals surface area contributed by atoms with Crippen LogP contribution in [-0.2, 0) is 4.79 Å². The maximum atomic E-state index is 11.7. The molecule has 0 spiro atoms. The molecule has 0 atom stereocenters. The molecule has 0 aromatic heterocycles. The molecule has 2 N–H and O–H groups in total. The van der Waals surface area contributed by atoms with Gasteiger partial charge in [0.25, 0.3) is 0 Å². The van der Waals surface area contributed by atoms with E-state index in [9.17, 15) is 20.0 Å². The Kier molecular flexibility index (Phi) is 6.63. The van der Waals surface area contributed by atoms with Crippen LogP contribution in [0.3, 0.4) is 0 Å². The predicted octanol–water partition coefficient (Wildman–Crippen LogP) is 3.85. The van der Waals surface area contributed by atoms with Gasteiger partial charge in [0.05, 0.1) is 16.9 Å². The molecule has 25 heavy (non-hydrogen) atoms. The van der Waals surface area contributed by atoms with Gasteiger partial charge < -0.3 is 5.11 Å². The van der Waals surface area contributed by atoms with Gasteiger partial charge in [-0.15, -0.1) is 11.8 Å². The van der Waals surface area contributed by atoms with Crippen molar-refractivity contribution >= 4 is 52.8 Å². The van der Waals surface area contributed by atoms with Gasteiger partial charge in [0.2, 0.25) is 11.7 Å². The summed E-state index contributed by atoms with van der Waals surface area (Å²) in [6.45, 7) is 0. The van der Waals surface area contributed by atoms with E-state index < -0.39 is 16.4 Å². The lowest BCUT2D eigenvalue weighted by Gasteiger charge is -2.03. The van der Waals surface area contributed by atoms with Crippen molar-refractivity contribution in [1.82, 2.24) is 5.43 Å². The molecule has 2 aromatic carbocycles. The predicted molar refractivity (Wildman–Crippen MR) is 97.7 cm³/mol. The highest BCUT2D eigenvalue weighted by Crippen LogP contribution is 2.32. The lowest BCUT2D eigenvalue weighted by Crippen LogP contribution is -2.19. The van der Waals surface area contributed by atoms with E-state index in [2.05, 4.69) is 10.5 Å². The molecule has 0 bridgehead atoms. The molecule has 2 aromatic rings. The fourth-order valence-electron chi connectivity index (χ4n) is 1.73. The van der Waals surface area contributed by atoms with E-state index in [0.29, 0.717) is 5.02 Å². The van der Waals surface area contributed by atoms with Gasteiger partial charge in [-0.25, -0.2) is 5.43 Å². The third-order valence-electron chi connectivity index (χ3n) is 2.86. The lowest BCUT2D eigenvalue weighted by atomic mass is 10.2. The van der Waals surface area contributed by atoms with E-state index in [4.69, 9.17) is 23.2 Å². The first-order valence-corrected chi connectivity index (χ1v) is 8.48. The van der Waals surface area contributed by atoms with Crippen LogP contribution in [0, 0.1) is 10.1 Å². The van der Waals surface area contributed by atoms with Gasteiger partial charge in [0, 0.05) is 26.6 Å². The van der Waals surface area contributed by atoms with Gasteiger partial charge in [0.15, 0.2) is 0 Å². The number of phenols is 1. The standard InChI is InChI=1S/C15H11Cl2N3O4S/c16-10-1-3-12(4-2-10)25-8-14(21)19-18-7-9-5-11(17)6-13(15(9)22)20(23)24/h1-7,22H,8H2,(H,19,21)/b18-7-. The summed E-state index contributed by atoms with van der Waals surface area (Å²) in [5.74, 6) is -0.851. The van der Waals surface area contributed by atoms with Crippen molar-refractivity contribution < 1.29 is 14.8 Å². The van der Waals surface area contributed by atoms with Crippen LogP contribution in [0.5, 0.6) is 5.75 Å². The molecule has 0 aliphatic carbocycles. The number of hydrogen-bond donors (Lipinski definition) is 2. The first-order valence-electron chi connectivity index (χ1n) is 6.74.